The Morgan fingerprint density at radius 3 is 2.60 bits per heavy atom. The summed E-state index contributed by atoms with van der Waals surface area (Å²) in [7, 11) is 0. The number of carbonyl (C=O) groups is 1. The largest absolute Gasteiger partial charge is 0.480 e. The predicted molar refractivity (Wildman–Crippen MR) is 38.6 cm³/mol. The summed E-state index contributed by atoms with van der Waals surface area (Å²) in [4.78, 5) is 10.1. The average molecular weight is 245 g/mol. The van der Waals surface area contributed by atoms with Crippen LogP contribution in [0.1, 0.15) is 6.42 Å². The van der Waals surface area contributed by atoms with Crippen LogP contribution in [0.4, 0.5) is 0 Å². The topological polar surface area (TPSA) is 63.3 Å². The number of aliphatic carboxylic acids is 1. The van der Waals surface area contributed by atoms with Crippen molar-refractivity contribution in [1.82, 2.24) is 0 Å². The number of carboxylic acid groups (broad SMARTS) is 1. The van der Waals surface area contributed by atoms with Crippen molar-refractivity contribution in [3.8, 4) is 0 Å². The molecule has 0 aromatic heterocycles. The average Bonchev–Trinajstić information content (AvgIpc) is 1.82. The second-order valence-electron chi connectivity index (χ2n) is 1.73. The zero-order valence-corrected chi connectivity index (χ0v) is 8.56. The van der Waals surface area contributed by atoms with Crippen LogP contribution >= 0.6 is 11.8 Å². The quantitative estimate of drug-likeness (QED) is 0.692. The Morgan fingerprint density at radius 1 is 1.80 bits per heavy atom. The molecular formula is C5H11MoNO2S. The van der Waals surface area contributed by atoms with Crippen LogP contribution in [0, 0.1) is 0 Å². The van der Waals surface area contributed by atoms with Crippen LogP contribution in [0.2, 0.25) is 0 Å². The second kappa shape index (κ2) is 7.57. The van der Waals surface area contributed by atoms with Crippen molar-refractivity contribution in [1.29, 1.82) is 0 Å². The van der Waals surface area contributed by atoms with E-state index in [4.69, 9.17) is 10.8 Å². The Morgan fingerprint density at radius 2 is 2.30 bits per heavy atom. The minimum Gasteiger partial charge on any atom is -0.480 e. The fourth-order valence-electron chi connectivity index (χ4n) is 0.368. The van der Waals surface area contributed by atoms with E-state index in [1.165, 1.54) is 0 Å². The molecule has 0 aromatic carbocycles. The van der Waals surface area contributed by atoms with Crippen LogP contribution in [-0.2, 0) is 25.9 Å². The summed E-state index contributed by atoms with van der Waals surface area (Å²) >= 11 is 1.60. The fourth-order valence-corrected chi connectivity index (χ4v) is 0.858. The van der Waals surface area contributed by atoms with Crippen LogP contribution in [0.15, 0.2) is 0 Å². The van der Waals surface area contributed by atoms with E-state index in [0.29, 0.717) is 6.42 Å². The summed E-state index contributed by atoms with van der Waals surface area (Å²) in [5.41, 5.74) is 5.19. The van der Waals surface area contributed by atoms with E-state index in [1.807, 2.05) is 6.26 Å². The molecule has 1 atom stereocenters. The standard InChI is InChI=1S/C5H11NO2S.Mo/c1-9-3-2-4(6)5(7)8;/h4H,2-3,6H2,1H3,(H,7,8);. The normalized spacial score (nSPS) is 11.8. The second-order valence-corrected chi connectivity index (χ2v) is 2.71. The SMILES string of the molecule is CSCCC(N)C(=O)O.[Mo]. The molecule has 0 aromatic rings. The summed E-state index contributed by atoms with van der Waals surface area (Å²) in [5, 5.41) is 8.27. The molecule has 0 fully saturated rings. The third-order valence-corrected chi connectivity index (χ3v) is 1.59. The smallest absolute Gasteiger partial charge is 0.320 e. The van der Waals surface area contributed by atoms with Crippen molar-refractivity contribution < 1.29 is 31.0 Å². The van der Waals surface area contributed by atoms with Crippen molar-refractivity contribution in [2.24, 2.45) is 5.73 Å². The van der Waals surface area contributed by atoms with Gasteiger partial charge in [-0.05, 0) is 18.4 Å². The summed E-state index contributed by atoms with van der Waals surface area (Å²) in [6.07, 6.45) is 2.48. The predicted octanol–water partition coefficient (Wildman–Crippen LogP) is 0.149. The number of hydrogen-bond donors (Lipinski definition) is 2. The first kappa shape index (κ1) is 13.1. The first-order valence-corrected chi connectivity index (χ1v) is 4.05. The molecule has 0 spiro atoms. The van der Waals surface area contributed by atoms with E-state index in [-0.39, 0.29) is 21.1 Å². The zero-order valence-electron chi connectivity index (χ0n) is 5.74. The maximum Gasteiger partial charge on any atom is 0.320 e. The first-order chi connectivity index (χ1) is 4.18. The monoisotopic (exact) mass is 247 g/mol. The molecule has 1 unspecified atom stereocenters. The van der Waals surface area contributed by atoms with E-state index < -0.39 is 12.0 Å². The summed E-state index contributed by atoms with van der Waals surface area (Å²) in [6.45, 7) is 0. The molecule has 0 bridgehead atoms. The molecule has 0 amide bonds. The Labute approximate surface area is 79.0 Å². The van der Waals surface area contributed by atoms with Gasteiger partial charge in [-0.15, -0.1) is 0 Å². The van der Waals surface area contributed by atoms with Crippen LogP contribution in [0.25, 0.3) is 0 Å². The van der Waals surface area contributed by atoms with Gasteiger partial charge in [-0.25, -0.2) is 0 Å². The molecule has 0 heterocycles. The molecule has 5 heteroatoms. The van der Waals surface area contributed by atoms with Gasteiger partial charge in [-0.1, -0.05) is 0 Å². The van der Waals surface area contributed by atoms with Crippen molar-refractivity contribution in [2.45, 2.75) is 12.5 Å². The molecule has 0 saturated carbocycles. The molecule has 0 aliphatic rings. The minimum absolute atomic E-state index is 0. The number of hydrogen-bond acceptors (Lipinski definition) is 3. The van der Waals surface area contributed by atoms with Crippen LogP contribution < -0.4 is 5.73 Å². The van der Waals surface area contributed by atoms with Crippen LogP contribution in [-0.4, -0.2) is 29.1 Å². The molecule has 0 saturated heterocycles. The number of nitrogens with two attached hydrogens (primary N) is 1. The van der Waals surface area contributed by atoms with E-state index >= 15 is 0 Å². The van der Waals surface area contributed by atoms with Crippen molar-refractivity contribution in [3.05, 3.63) is 0 Å². The van der Waals surface area contributed by atoms with E-state index in [1.54, 1.807) is 11.8 Å². The van der Waals surface area contributed by atoms with Gasteiger partial charge in [0.2, 0.25) is 0 Å². The van der Waals surface area contributed by atoms with Crippen LogP contribution in [0.3, 0.4) is 0 Å². The maximum absolute atomic E-state index is 10.1. The summed E-state index contributed by atoms with van der Waals surface area (Å²) < 4.78 is 0. The Hall–Kier alpha value is 0.468. The molecule has 60 valence electrons. The van der Waals surface area contributed by atoms with E-state index in [0.717, 1.165) is 5.75 Å². The van der Waals surface area contributed by atoms with Gasteiger partial charge in [0.15, 0.2) is 0 Å². The van der Waals surface area contributed by atoms with E-state index in [9.17, 15) is 4.79 Å². The van der Waals surface area contributed by atoms with Gasteiger partial charge in [-0.2, -0.15) is 11.8 Å². The van der Waals surface area contributed by atoms with Crippen molar-refractivity contribution in [3.63, 3.8) is 0 Å². The Kier molecular flexibility index (Phi) is 9.91. The maximum atomic E-state index is 10.1. The van der Waals surface area contributed by atoms with Gasteiger partial charge in [0.25, 0.3) is 0 Å². The van der Waals surface area contributed by atoms with Gasteiger partial charge in [0, 0.05) is 21.1 Å². The number of rotatable bonds is 4. The van der Waals surface area contributed by atoms with E-state index in [2.05, 4.69) is 0 Å². The molecule has 10 heavy (non-hydrogen) atoms. The van der Waals surface area contributed by atoms with Gasteiger partial charge in [0.1, 0.15) is 6.04 Å². The summed E-state index contributed by atoms with van der Waals surface area (Å²) in [6, 6.07) is -0.683. The molecule has 0 aliphatic carbocycles. The molecule has 3 nitrogen and oxygen atoms in total. The van der Waals surface area contributed by atoms with Crippen molar-refractivity contribution in [2.75, 3.05) is 12.0 Å². The van der Waals surface area contributed by atoms with Crippen LogP contribution in [0.5, 0.6) is 0 Å². The third-order valence-electron chi connectivity index (χ3n) is 0.950. The molecule has 0 aliphatic heterocycles. The van der Waals surface area contributed by atoms with Crippen molar-refractivity contribution >= 4 is 17.7 Å². The Bertz CT molecular complexity index is 102. The first-order valence-electron chi connectivity index (χ1n) is 2.65. The third kappa shape index (κ3) is 6.59. The summed E-state index contributed by atoms with van der Waals surface area (Å²) in [5.74, 6) is -0.1000. The van der Waals surface area contributed by atoms with Gasteiger partial charge in [0.05, 0.1) is 0 Å². The number of thioether (sulfide) groups is 1. The number of carboxylic acids is 1. The van der Waals surface area contributed by atoms with Gasteiger partial charge < -0.3 is 10.8 Å². The zero-order chi connectivity index (χ0) is 7.28. The molecule has 3 N–H and O–H groups in total. The van der Waals surface area contributed by atoms with Gasteiger partial charge >= 0.3 is 5.97 Å². The fraction of sp³-hybridized carbons (Fsp3) is 0.800. The molecular weight excluding hydrogens is 234 g/mol. The van der Waals surface area contributed by atoms with Gasteiger partial charge in [-0.3, -0.25) is 4.79 Å². The molecule has 0 radical (unpaired) electrons. The molecule has 0 rings (SSSR count). The minimum atomic E-state index is -0.913. The Balaban J connectivity index is 0.